The van der Waals surface area contributed by atoms with Crippen LogP contribution in [0.2, 0.25) is 0 Å². The molecule has 1 unspecified atom stereocenters. The molecule has 0 spiro atoms. The van der Waals surface area contributed by atoms with E-state index in [1.807, 2.05) is 0 Å². The normalized spacial score (nSPS) is 19.0. The van der Waals surface area contributed by atoms with Crippen molar-refractivity contribution in [3.05, 3.63) is 29.8 Å². The summed E-state index contributed by atoms with van der Waals surface area (Å²) in [5, 5.41) is 11.8. The maximum atomic E-state index is 12.4. The molecule has 0 bridgehead atoms. The van der Waals surface area contributed by atoms with E-state index < -0.39 is 5.97 Å². The molecular formula is C20H30N4O4. The van der Waals surface area contributed by atoms with Gasteiger partial charge in [0.1, 0.15) is 0 Å². The van der Waals surface area contributed by atoms with Crippen molar-refractivity contribution in [1.82, 2.24) is 15.1 Å². The molecule has 1 fully saturated rings. The van der Waals surface area contributed by atoms with Gasteiger partial charge in [0.15, 0.2) is 0 Å². The Kier molecular flexibility index (Phi) is 7.11. The van der Waals surface area contributed by atoms with E-state index in [-0.39, 0.29) is 18.7 Å². The maximum Gasteiger partial charge on any atom is 0.317 e. The number of ether oxygens (including phenoxy) is 1. The van der Waals surface area contributed by atoms with Crippen molar-refractivity contribution in [2.45, 2.75) is 18.9 Å². The van der Waals surface area contributed by atoms with Gasteiger partial charge in [0.05, 0.1) is 19.3 Å². The van der Waals surface area contributed by atoms with Crippen LogP contribution in [0.4, 0.5) is 10.5 Å². The molecule has 0 aromatic heterocycles. The van der Waals surface area contributed by atoms with Crippen molar-refractivity contribution in [2.75, 3.05) is 64.4 Å². The van der Waals surface area contributed by atoms with Gasteiger partial charge in [-0.15, -0.1) is 0 Å². The van der Waals surface area contributed by atoms with Crippen molar-refractivity contribution in [3.8, 4) is 0 Å². The van der Waals surface area contributed by atoms with Crippen molar-refractivity contribution in [3.63, 3.8) is 0 Å². The predicted molar refractivity (Wildman–Crippen MR) is 107 cm³/mol. The molecule has 154 valence electrons. The summed E-state index contributed by atoms with van der Waals surface area (Å²) < 4.78 is 5.67. The van der Waals surface area contributed by atoms with Gasteiger partial charge in [-0.2, -0.15) is 0 Å². The molecule has 1 aromatic carbocycles. The SMILES string of the molecule is CN(CC(=O)O)CC1CN(C(=O)NCCCN2CCc3ccccc32)CCO1. The number of likely N-dealkylation sites (N-methyl/N-ethyl adjacent to an activating group) is 1. The van der Waals surface area contributed by atoms with Crippen LogP contribution in [0.1, 0.15) is 12.0 Å². The lowest BCUT2D eigenvalue weighted by molar-refractivity contribution is -0.138. The molecule has 2 amide bonds. The van der Waals surface area contributed by atoms with E-state index in [1.165, 1.54) is 11.3 Å². The second-order valence-electron chi connectivity index (χ2n) is 7.48. The maximum absolute atomic E-state index is 12.4. The topological polar surface area (TPSA) is 85.4 Å². The number of carbonyl (C=O) groups is 2. The van der Waals surface area contributed by atoms with E-state index in [0.717, 1.165) is 25.9 Å². The number of amides is 2. The molecule has 8 heteroatoms. The van der Waals surface area contributed by atoms with Crippen LogP contribution in [0.25, 0.3) is 0 Å². The number of rotatable bonds is 8. The highest BCUT2D eigenvalue weighted by atomic mass is 16.5. The summed E-state index contributed by atoms with van der Waals surface area (Å²) in [6.45, 7) is 4.59. The van der Waals surface area contributed by atoms with Gasteiger partial charge in [-0.1, -0.05) is 18.2 Å². The van der Waals surface area contributed by atoms with Gasteiger partial charge in [-0.25, -0.2) is 4.79 Å². The van der Waals surface area contributed by atoms with Gasteiger partial charge in [0.25, 0.3) is 0 Å². The van der Waals surface area contributed by atoms with Gasteiger partial charge in [0.2, 0.25) is 0 Å². The highest BCUT2D eigenvalue weighted by Crippen LogP contribution is 2.27. The molecule has 2 aliphatic heterocycles. The summed E-state index contributed by atoms with van der Waals surface area (Å²) in [7, 11) is 1.74. The van der Waals surface area contributed by atoms with Gasteiger partial charge in [-0.3, -0.25) is 9.69 Å². The number of benzene rings is 1. The minimum atomic E-state index is -0.867. The predicted octanol–water partition coefficient (Wildman–Crippen LogP) is 0.866. The molecule has 8 nitrogen and oxygen atoms in total. The minimum absolute atomic E-state index is 0.0360. The molecular weight excluding hydrogens is 360 g/mol. The fourth-order valence-electron chi connectivity index (χ4n) is 3.87. The first-order chi connectivity index (χ1) is 13.5. The van der Waals surface area contributed by atoms with Crippen LogP contribution >= 0.6 is 0 Å². The fraction of sp³-hybridized carbons (Fsp3) is 0.600. The third-order valence-corrected chi connectivity index (χ3v) is 5.21. The standard InChI is InChI=1S/C20H30N4O4/c1-22(15-19(25)26)13-17-14-24(11-12-28-17)20(27)21-8-4-9-23-10-7-16-5-2-3-6-18(16)23/h2-3,5-6,17H,4,7-15H2,1H3,(H,21,27)(H,25,26). The van der Waals surface area contributed by atoms with Crippen molar-refractivity contribution < 1.29 is 19.4 Å². The minimum Gasteiger partial charge on any atom is -0.480 e. The zero-order valence-corrected chi connectivity index (χ0v) is 16.5. The Hall–Kier alpha value is -2.32. The Bertz CT molecular complexity index is 684. The summed E-state index contributed by atoms with van der Waals surface area (Å²) in [6, 6.07) is 8.42. The van der Waals surface area contributed by atoms with E-state index in [1.54, 1.807) is 16.8 Å². The van der Waals surface area contributed by atoms with Gasteiger partial charge < -0.3 is 25.0 Å². The highest BCUT2D eigenvalue weighted by molar-refractivity contribution is 5.74. The Morgan fingerprint density at radius 3 is 2.96 bits per heavy atom. The summed E-state index contributed by atoms with van der Waals surface area (Å²) in [6.07, 6.45) is 1.83. The smallest absolute Gasteiger partial charge is 0.317 e. The number of morpholine rings is 1. The van der Waals surface area contributed by atoms with Crippen LogP contribution in [0.15, 0.2) is 24.3 Å². The Labute approximate surface area is 166 Å². The second kappa shape index (κ2) is 9.75. The van der Waals surface area contributed by atoms with Crippen molar-refractivity contribution >= 4 is 17.7 Å². The number of urea groups is 1. The summed E-state index contributed by atoms with van der Waals surface area (Å²) >= 11 is 0. The lowest BCUT2D eigenvalue weighted by Gasteiger charge is -2.34. The van der Waals surface area contributed by atoms with E-state index in [0.29, 0.717) is 32.8 Å². The van der Waals surface area contributed by atoms with Crippen LogP contribution < -0.4 is 10.2 Å². The first kappa shape index (κ1) is 20.4. The van der Waals surface area contributed by atoms with Crippen molar-refractivity contribution in [1.29, 1.82) is 0 Å². The molecule has 1 aromatic rings. The Balaban J connectivity index is 1.36. The Morgan fingerprint density at radius 1 is 1.32 bits per heavy atom. The van der Waals surface area contributed by atoms with E-state index >= 15 is 0 Å². The number of nitrogens with zero attached hydrogens (tertiary/aromatic N) is 3. The number of hydrogen-bond donors (Lipinski definition) is 2. The quantitative estimate of drug-likeness (QED) is 0.641. The molecule has 2 aliphatic rings. The van der Waals surface area contributed by atoms with E-state index in [4.69, 9.17) is 9.84 Å². The van der Waals surface area contributed by atoms with Gasteiger partial charge in [0, 0.05) is 45.0 Å². The number of carbonyl (C=O) groups excluding carboxylic acids is 1. The zero-order valence-electron chi connectivity index (χ0n) is 16.5. The monoisotopic (exact) mass is 390 g/mol. The lowest BCUT2D eigenvalue weighted by atomic mass is 10.2. The summed E-state index contributed by atoms with van der Waals surface area (Å²) in [5.74, 6) is -0.867. The molecule has 0 saturated carbocycles. The number of nitrogens with one attached hydrogen (secondary N) is 1. The molecule has 2 heterocycles. The van der Waals surface area contributed by atoms with Crippen LogP contribution in [-0.2, 0) is 16.0 Å². The number of aliphatic carboxylic acids is 1. The highest BCUT2D eigenvalue weighted by Gasteiger charge is 2.25. The molecule has 1 atom stereocenters. The van der Waals surface area contributed by atoms with Gasteiger partial charge >= 0.3 is 12.0 Å². The van der Waals surface area contributed by atoms with Crippen LogP contribution in [-0.4, -0.2) is 92.5 Å². The van der Waals surface area contributed by atoms with Crippen molar-refractivity contribution in [2.24, 2.45) is 0 Å². The summed E-state index contributed by atoms with van der Waals surface area (Å²) in [4.78, 5) is 29.0. The Morgan fingerprint density at radius 2 is 2.14 bits per heavy atom. The third kappa shape index (κ3) is 5.59. The molecule has 1 saturated heterocycles. The first-order valence-electron chi connectivity index (χ1n) is 9.90. The van der Waals surface area contributed by atoms with Crippen LogP contribution in [0.5, 0.6) is 0 Å². The molecule has 2 N–H and O–H groups in total. The number of carboxylic acids is 1. The van der Waals surface area contributed by atoms with Crippen LogP contribution in [0, 0.1) is 0 Å². The second-order valence-corrected chi connectivity index (χ2v) is 7.48. The number of hydrogen-bond acceptors (Lipinski definition) is 5. The largest absolute Gasteiger partial charge is 0.480 e. The van der Waals surface area contributed by atoms with E-state index in [9.17, 15) is 9.59 Å². The number of carboxylic acid groups (broad SMARTS) is 1. The third-order valence-electron chi connectivity index (χ3n) is 5.21. The lowest BCUT2D eigenvalue weighted by Crippen LogP contribution is -2.52. The van der Waals surface area contributed by atoms with E-state index in [2.05, 4.69) is 34.5 Å². The molecule has 0 aliphatic carbocycles. The molecule has 28 heavy (non-hydrogen) atoms. The molecule has 3 rings (SSSR count). The average Bonchev–Trinajstić information content (AvgIpc) is 3.08. The number of fused-ring (bicyclic) bond motifs is 1. The summed E-state index contributed by atoms with van der Waals surface area (Å²) in [5.41, 5.74) is 2.72. The zero-order chi connectivity index (χ0) is 19.9. The van der Waals surface area contributed by atoms with Crippen LogP contribution in [0.3, 0.4) is 0 Å². The number of anilines is 1. The first-order valence-corrected chi connectivity index (χ1v) is 9.90. The number of para-hydroxylation sites is 1. The molecule has 0 radical (unpaired) electrons. The average molecular weight is 390 g/mol. The fourth-order valence-corrected chi connectivity index (χ4v) is 3.87. The van der Waals surface area contributed by atoms with Gasteiger partial charge in [-0.05, 0) is 31.5 Å².